The molecule has 5 nitrogen and oxygen atoms in total. The van der Waals surface area contributed by atoms with Gasteiger partial charge in [0.2, 0.25) is 5.91 Å². The maximum Gasteiger partial charge on any atom is 0.255 e. The van der Waals surface area contributed by atoms with Crippen molar-refractivity contribution in [3.63, 3.8) is 0 Å². The van der Waals surface area contributed by atoms with E-state index in [1.54, 1.807) is 42.5 Å². The first-order valence-electron chi connectivity index (χ1n) is 10.6. The highest BCUT2D eigenvalue weighted by atomic mass is 79.9. The molecule has 0 heterocycles. The van der Waals surface area contributed by atoms with Crippen LogP contribution in [-0.2, 0) is 11.2 Å². The SMILES string of the molecule is CC(C)CCOc1ccc(C(=O)Nc2cccc(NC(=O)Cc3ccccc3)c2)cc1Br. The fourth-order valence-electron chi connectivity index (χ4n) is 3.03. The largest absolute Gasteiger partial charge is 0.492 e. The van der Waals surface area contributed by atoms with Gasteiger partial charge in [-0.2, -0.15) is 0 Å². The highest BCUT2D eigenvalue weighted by Gasteiger charge is 2.11. The minimum absolute atomic E-state index is 0.114. The second-order valence-corrected chi connectivity index (χ2v) is 8.78. The van der Waals surface area contributed by atoms with Gasteiger partial charge in [0.1, 0.15) is 5.75 Å². The molecule has 3 aromatic rings. The summed E-state index contributed by atoms with van der Waals surface area (Å²) in [6.45, 7) is 4.93. The lowest BCUT2D eigenvalue weighted by Gasteiger charge is -2.12. The van der Waals surface area contributed by atoms with Crippen molar-refractivity contribution in [3.8, 4) is 5.75 Å². The van der Waals surface area contributed by atoms with E-state index in [0.717, 1.165) is 16.5 Å². The van der Waals surface area contributed by atoms with Gasteiger partial charge in [0.05, 0.1) is 17.5 Å². The van der Waals surface area contributed by atoms with Gasteiger partial charge in [0.15, 0.2) is 0 Å². The van der Waals surface area contributed by atoms with Gasteiger partial charge in [-0.3, -0.25) is 9.59 Å². The molecule has 2 N–H and O–H groups in total. The molecule has 0 radical (unpaired) electrons. The third-order valence-electron chi connectivity index (χ3n) is 4.76. The maximum atomic E-state index is 12.7. The second-order valence-electron chi connectivity index (χ2n) is 7.92. The van der Waals surface area contributed by atoms with Crippen LogP contribution < -0.4 is 15.4 Å². The van der Waals surface area contributed by atoms with Crippen LogP contribution in [-0.4, -0.2) is 18.4 Å². The summed E-state index contributed by atoms with van der Waals surface area (Å²) in [5, 5.41) is 5.75. The Morgan fingerprint density at radius 1 is 0.906 bits per heavy atom. The number of nitrogens with one attached hydrogen (secondary N) is 2. The first kappa shape index (κ1) is 23.5. The molecule has 0 saturated carbocycles. The number of benzene rings is 3. The Morgan fingerprint density at radius 3 is 2.31 bits per heavy atom. The Kier molecular flexibility index (Phi) is 8.45. The molecule has 0 aliphatic heterocycles. The van der Waals surface area contributed by atoms with Gasteiger partial charge in [-0.15, -0.1) is 0 Å². The van der Waals surface area contributed by atoms with Gasteiger partial charge in [-0.1, -0.05) is 50.2 Å². The van der Waals surface area contributed by atoms with Crippen molar-refractivity contribution in [1.29, 1.82) is 0 Å². The Labute approximate surface area is 197 Å². The second kappa shape index (κ2) is 11.5. The van der Waals surface area contributed by atoms with E-state index >= 15 is 0 Å². The summed E-state index contributed by atoms with van der Waals surface area (Å²) in [7, 11) is 0. The number of rotatable bonds is 9. The molecule has 0 aliphatic carbocycles. The van der Waals surface area contributed by atoms with Gasteiger partial charge in [0.25, 0.3) is 5.91 Å². The molecule has 3 rings (SSSR count). The lowest BCUT2D eigenvalue weighted by molar-refractivity contribution is -0.115. The molecular weight excluding hydrogens is 468 g/mol. The number of ether oxygens (including phenoxy) is 1. The molecule has 0 unspecified atom stereocenters. The van der Waals surface area contributed by atoms with Crippen LogP contribution in [0.5, 0.6) is 5.75 Å². The van der Waals surface area contributed by atoms with Crippen molar-refractivity contribution in [2.24, 2.45) is 5.92 Å². The van der Waals surface area contributed by atoms with Crippen molar-refractivity contribution in [1.82, 2.24) is 0 Å². The summed E-state index contributed by atoms with van der Waals surface area (Å²) >= 11 is 3.48. The van der Waals surface area contributed by atoms with E-state index in [4.69, 9.17) is 4.74 Å². The number of hydrogen-bond donors (Lipinski definition) is 2. The first-order valence-corrected chi connectivity index (χ1v) is 11.4. The molecule has 0 spiro atoms. The molecule has 0 fully saturated rings. The summed E-state index contributed by atoms with van der Waals surface area (Å²) in [5.41, 5.74) is 2.67. The zero-order valence-electron chi connectivity index (χ0n) is 18.2. The maximum absolute atomic E-state index is 12.7. The molecule has 3 aromatic carbocycles. The summed E-state index contributed by atoms with van der Waals surface area (Å²) in [6, 6.07) is 21.9. The van der Waals surface area contributed by atoms with Crippen molar-refractivity contribution in [2.45, 2.75) is 26.7 Å². The topological polar surface area (TPSA) is 67.4 Å². The van der Waals surface area contributed by atoms with Crippen LogP contribution in [0.4, 0.5) is 11.4 Å². The van der Waals surface area contributed by atoms with Crippen molar-refractivity contribution in [2.75, 3.05) is 17.2 Å². The molecule has 0 aromatic heterocycles. The van der Waals surface area contributed by atoms with Crippen LogP contribution in [0.3, 0.4) is 0 Å². The van der Waals surface area contributed by atoms with Crippen LogP contribution >= 0.6 is 15.9 Å². The summed E-state index contributed by atoms with van der Waals surface area (Å²) < 4.78 is 6.51. The molecule has 0 aliphatic rings. The minimum Gasteiger partial charge on any atom is -0.492 e. The zero-order valence-corrected chi connectivity index (χ0v) is 19.8. The van der Waals surface area contributed by atoms with Crippen LogP contribution in [0.2, 0.25) is 0 Å². The van der Waals surface area contributed by atoms with E-state index in [1.807, 2.05) is 30.3 Å². The monoisotopic (exact) mass is 494 g/mol. The molecular formula is C26H27BrN2O3. The van der Waals surface area contributed by atoms with E-state index in [9.17, 15) is 9.59 Å². The van der Waals surface area contributed by atoms with Gasteiger partial charge in [-0.25, -0.2) is 0 Å². The van der Waals surface area contributed by atoms with Crippen LogP contribution in [0.25, 0.3) is 0 Å². The zero-order chi connectivity index (χ0) is 22.9. The standard InChI is InChI=1S/C26H27BrN2O3/c1-18(2)13-14-32-24-12-11-20(16-23(24)27)26(31)29-22-10-6-9-21(17-22)28-25(30)15-19-7-4-3-5-8-19/h3-12,16-18H,13-15H2,1-2H3,(H,28,30)(H,29,31). The van der Waals surface area contributed by atoms with Gasteiger partial charge in [-0.05, 0) is 70.2 Å². The minimum atomic E-state index is -0.243. The third-order valence-corrected chi connectivity index (χ3v) is 5.38. The summed E-state index contributed by atoms with van der Waals surface area (Å²) in [6.07, 6.45) is 1.25. The van der Waals surface area contributed by atoms with Crippen LogP contribution in [0.15, 0.2) is 77.3 Å². The summed E-state index contributed by atoms with van der Waals surface area (Å²) in [5.74, 6) is 0.923. The Balaban J connectivity index is 1.59. The molecule has 0 bridgehead atoms. The third kappa shape index (κ3) is 7.24. The fraction of sp³-hybridized carbons (Fsp3) is 0.231. The van der Waals surface area contributed by atoms with Gasteiger partial charge in [0, 0.05) is 16.9 Å². The number of amides is 2. The van der Waals surface area contributed by atoms with E-state index in [-0.39, 0.29) is 18.2 Å². The van der Waals surface area contributed by atoms with Crippen LogP contribution in [0.1, 0.15) is 36.2 Å². The summed E-state index contributed by atoms with van der Waals surface area (Å²) in [4.78, 5) is 25.0. The quantitative estimate of drug-likeness (QED) is 0.366. The van der Waals surface area contributed by atoms with Crippen molar-refractivity contribution in [3.05, 3.63) is 88.4 Å². The van der Waals surface area contributed by atoms with Crippen LogP contribution in [0, 0.1) is 5.92 Å². The number of anilines is 2. The molecule has 0 saturated heterocycles. The van der Waals surface area contributed by atoms with E-state index in [1.165, 1.54) is 0 Å². The average molecular weight is 495 g/mol. The predicted molar refractivity (Wildman–Crippen MR) is 132 cm³/mol. The smallest absolute Gasteiger partial charge is 0.255 e. The lowest BCUT2D eigenvalue weighted by Crippen LogP contribution is -2.15. The molecule has 0 atom stereocenters. The molecule has 32 heavy (non-hydrogen) atoms. The lowest BCUT2D eigenvalue weighted by atomic mass is 10.1. The number of hydrogen-bond acceptors (Lipinski definition) is 3. The molecule has 2 amide bonds. The molecule has 166 valence electrons. The normalized spacial score (nSPS) is 10.6. The Morgan fingerprint density at radius 2 is 1.62 bits per heavy atom. The Bertz CT molecular complexity index is 1070. The number of carbonyl (C=O) groups excluding carboxylic acids is 2. The van der Waals surface area contributed by atoms with Gasteiger partial charge < -0.3 is 15.4 Å². The van der Waals surface area contributed by atoms with Gasteiger partial charge >= 0.3 is 0 Å². The highest BCUT2D eigenvalue weighted by Crippen LogP contribution is 2.27. The van der Waals surface area contributed by atoms with E-state index < -0.39 is 0 Å². The van der Waals surface area contributed by atoms with Crippen molar-refractivity contribution >= 4 is 39.1 Å². The Hall–Kier alpha value is -3.12. The number of carbonyl (C=O) groups is 2. The average Bonchev–Trinajstić information content (AvgIpc) is 2.75. The highest BCUT2D eigenvalue weighted by molar-refractivity contribution is 9.10. The molecule has 6 heteroatoms. The fourth-order valence-corrected chi connectivity index (χ4v) is 3.52. The first-order chi connectivity index (χ1) is 15.4. The van der Waals surface area contributed by atoms with E-state index in [2.05, 4.69) is 40.4 Å². The predicted octanol–water partition coefficient (Wildman–Crippen LogP) is 6.31. The number of halogens is 1. The van der Waals surface area contributed by atoms with E-state index in [0.29, 0.717) is 35.2 Å². The van der Waals surface area contributed by atoms with Crippen molar-refractivity contribution < 1.29 is 14.3 Å².